The highest BCUT2D eigenvalue weighted by Crippen LogP contribution is 2.36. The highest BCUT2D eigenvalue weighted by Gasteiger charge is 2.23. The molecular formula is C31H37N3O3. The first kappa shape index (κ1) is 26.5. The molecule has 0 unspecified atom stereocenters. The first-order valence-corrected chi connectivity index (χ1v) is 13.0. The third-order valence-corrected chi connectivity index (χ3v) is 6.40. The van der Waals surface area contributed by atoms with E-state index in [2.05, 4.69) is 36.1 Å². The third-order valence-electron chi connectivity index (χ3n) is 6.40. The topological polar surface area (TPSA) is 59.8 Å². The highest BCUT2D eigenvalue weighted by molar-refractivity contribution is 5.47. The van der Waals surface area contributed by atoms with Gasteiger partial charge in [-0.15, -0.1) is 0 Å². The van der Waals surface area contributed by atoms with E-state index in [9.17, 15) is 5.11 Å². The van der Waals surface area contributed by atoms with Gasteiger partial charge < -0.3 is 14.6 Å². The molecular weight excluding hydrogens is 462 g/mol. The minimum atomic E-state index is -0.397. The van der Waals surface area contributed by atoms with Crippen LogP contribution in [-0.2, 0) is 13.1 Å². The number of para-hydroxylation sites is 3. The molecule has 6 heteroatoms. The van der Waals surface area contributed by atoms with Gasteiger partial charge in [0.05, 0.1) is 30.2 Å². The standard InChI is InChI=1S/C31H37N3O3/c1-4-5-18-27(35)22-33(21-25-14-8-6-9-15-25)23-28-24(2)32-34(26-16-10-7-11-17-26)31(28)37-30-20-13-12-19-29(30)36-3/h6-17,19-20,27,35H,4-5,18,21-23H2,1-3H3/t27-/m0/s1. The summed E-state index contributed by atoms with van der Waals surface area (Å²) >= 11 is 0. The molecule has 0 saturated heterocycles. The number of unbranched alkanes of at least 4 members (excludes halogenated alkanes) is 1. The molecule has 4 rings (SSSR count). The van der Waals surface area contributed by atoms with Crippen molar-refractivity contribution in [3.8, 4) is 23.1 Å². The van der Waals surface area contributed by atoms with Crippen molar-refractivity contribution in [2.75, 3.05) is 13.7 Å². The largest absolute Gasteiger partial charge is 0.493 e. The number of benzene rings is 3. The highest BCUT2D eigenvalue weighted by atomic mass is 16.5. The predicted molar refractivity (Wildman–Crippen MR) is 147 cm³/mol. The predicted octanol–water partition coefficient (Wildman–Crippen LogP) is 6.53. The van der Waals surface area contributed by atoms with Crippen LogP contribution in [0.15, 0.2) is 84.9 Å². The molecule has 4 aromatic rings. The summed E-state index contributed by atoms with van der Waals surface area (Å²) in [5.74, 6) is 1.93. The molecule has 1 N–H and O–H groups in total. The Morgan fingerprint density at radius 2 is 1.54 bits per heavy atom. The van der Waals surface area contributed by atoms with Crippen molar-refractivity contribution >= 4 is 0 Å². The first-order valence-electron chi connectivity index (χ1n) is 13.0. The summed E-state index contributed by atoms with van der Waals surface area (Å²) in [4.78, 5) is 2.28. The number of ether oxygens (including phenoxy) is 2. The fourth-order valence-electron chi connectivity index (χ4n) is 4.46. The van der Waals surface area contributed by atoms with Crippen LogP contribution < -0.4 is 9.47 Å². The quantitative estimate of drug-likeness (QED) is 0.226. The van der Waals surface area contributed by atoms with Crippen LogP contribution in [0.5, 0.6) is 17.4 Å². The second-order valence-corrected chi connectivity index (χ2v) is 9.32. The summed E-state index contributed by atoms with van der Waals surface area (Å²) in [5, 5.41) is 15.7. The zero-order chi connectivity index (χ0) is 26.0. The second-order valence-electron chi connectivity index (χ2n) is 9.32. The van der Waals surface area contributed by atoms with Crippen molar-refractivity contribution in [2.45, 2.75) is 52.3 Å². The van der Waals surface area contributed by atoms with Crippen molar-refractivity contribution in [3.63, 3.8) is 0 Å². The van der Waals surface area contributed by atoms with Crippen molar-refractivity contribution in [1.29, 1.82) is 0 Å². The molecule has 0 saturated carbocycles. The maximum absolute atomic E-state index is 10.8. The van der Waals surface area contributed by atoms with Gasteiger partial charge in [-0.3, -0.25) is 4.90 Å². The number of rotatable bonds is 13. The van der Waals surface area contributed by atoms with Crippen LogP contribution >= 0.6 is 0 Å². The number of aromatic nitrogens is 2. The molecule has 194 valence electrons. The maximum Gasteiger partial charge on any atom is 0.227 e. The summed E-state index contributed by atoms with van der Waals surface area (Å²) in [6.45, 7) is 6.03. The van der Waals surface area contributed by atoms with E-state index in [1.54, 1.807) is 7.11 Å². The normalized spacial score (nSPS) is 12.0. The summed E-state index contributed by atoms with van der Waals surface area (Å²) in [7, 11) is 1.64. The molecule has 0 spiro atoms. The third kappa shape index (κ3) is 7.00. The van der Waals surface area contributed by atoms with E-state index in [0.717, 1.165) is 36.2 Å². The molecule has 0 aliphatic carbocycles. The van der Waals surface area contributed by atoms with Crippen molar-refractivity contribution in [3.05, 3.63) is 102 Å². The molecule has 1 aromatic heterocycles. The molecule has 0 radical (unpaired) electrons. The van der Waals surface area contributed by atoms with Crippen molar-refractivity contribution < 1.29 is 14.6 Å². The zero-order valence-corrected chi connectivity index (χ0v) is 22.0. The molecule has 0 aliphatic heterocycles. The van der Waals surface area contributed by atoms with E-state index in [1.165, 1.54) is 5.56 Å². The van der Waals surface area contributed by atoms with Gasteiger partial charge in [-0.2, -0.15) is 5.10 Å². The zero-order valence-electron chi connectivity index (χ0n) is 22.0. The smallest absolute Gasteiger partial charge is 0.227 e. The van der Waals surface area contributed by atoms with Gasteiger partial charge in [0.1, 0.15) is 0 Å². The molecule has 0 aliphatic rings. The summed E-state index contributed by atoms with van der Waals surface area (Å²) in [5.41, 5.74) is 3.98. The average molecular weight is 500 g/mol. The van der Waals surface area contributed by atoms with Crippen molar-refractivity contribution in [1.82, 2.24) is 14.7 Å². The summed E-state index contributed by atoms with van der Waals surface area (Å²) in [6.07, 6.45) is 2.46. The number of aliphatic hydroxyl groups is 1. The van der Waals surface area contributed by atoms with E-state index >= 15 is 0 Å². The van der Waals surface area contributed by atoms with Gasteiger partial charge in [-0.1, -0.05) is 80.4 Å². The van der Waals surface area contributed by atoms with Gasteiger partial charge in [-0.25, -0.2) is 4.68 Å². The SMILES string of the molecule is CCCC[C@H](O)CN(Cc1ccccc1)Cc1c(C)nn(-c2ccccc2)c1Oc1ccccc1OC. The molecule has 6 nitrogen and oxygen atoms in total. The molecule has 37 heavy (non-hydrogen) atoms. The van der Waals surface area contributed by atoms with Crippen LogP contribution in [0.3, 0.4) is 0 Å². The Hall–Kier alpha value is -3.61. The number of aliphatic hydroxyl groups excluding tert-OH is 1. The molecule has 3 aromatic carbocycles. The number of hydrogen-bond donors (Lipinski definition) is 1. The fraction of sp³-hybridized carbons (Fsp3) is 0.323. The number of aryl methyl sites for hydroxylation is 1. The lowest BCUT2D eigenvalue weighted by molar-refractivity contribution is 0.0953. The van der Waals surface area contributed by atoms with Crippen LogP contribution in [0.2, 0.25) is 0 Å². The lowest BCUT2D eigenvalue weighted by Crippen LogP contribution is -2.32. The van der Waals surface area contributed by atoms with Crippen LogP contribution in [0, 0.1) is 6.92 Å². The summed E-state index contributed by atoms with van der Waals surface area (Å²) < 4.78 is 14.0. The van der Waals surface area contributed by atoms with Crippen LogP contribution in [0.4, 0.5) is 0 Å². The van der Waals surface area contributed by atoms with Crippen LogP contribution in [0.25, 0.3) is 5.69 Å². The van der Waals surface area contributed by atoms with E-state index in [4.69, 9.17) is 14.6 Å². The molecule has 0 amide bonds. The Bertz CT molecular complexity index is 1240. The van der Waals surface area contributed by atoms with E-state index in [1.807, 2.05) is 72.3 Å². The van der Waals surface area contributed by atoms with Crippen molar-refractivity contribution in [2.24, 2.45) is 0 Å². The first-order chi connectivity index (χ1) is 18.1. The van der Waals surface area contributed by atoms with Gasteiger partial charge in [0.2, 0.25) is 5.88 Å². The van der Waals surface area contributed by atoms with E-state index in [0.29, 0.717) is 37.0 Å². The van der Waals surface area contributed by atoms with Gasteiger partial charge >= 0.3 is 0 Å². The van der Waals surface area contributed by atoms with Crippen LogP contribution in [0.1, 0.15) is 43.0 Å². The lowest BCUT2D eigenvalue weighted by Gasteiger charge is -2.26. The van der Waals surface area contributed by atoms with Gasteiger partial charge in [-0.05, 0) is 43.2 Å². The fourth-order valence-corrected chi connectivity index (χ4v) is 4.46. The minimum absolute atomic E-state index is 0.397. The van der Waals surface area contributed by atoms with E-state index < -0.39 is 6.10 Å². The Labute approximate surface area is 220 Å². The Morgan fingerprint density at radius 3 is 2.22 bits per heavy atom. The summed E-state index contributed by atoms with van der Waals surface area (Å²) in [6, 6.07) is 28.0. The Morgan fingerprint density at radius 1 is 0.892 bits per heavy atom. The average Bonchev–Trinajstić information content (AvgIpc) is 3.23. The second kappa shape index (κ2) is 13.1. The van der Waals surface area contributed by atoms with Gasteiger partial charge in [0.25, 0.3) is 0 Å². The number of hydrogen-bond acceptors (Lipinski definition) is 5. The molecule has 0 fully saturated rings. The molecule has 1 atom stereocenters. The van der Waals surface area contributed by atoms with Crippen LogP contribution in [-0.4, -0.2) is 39.5 Å². The Kier molecular flexibility index (Phi) is 9.35. The molecule has 0 bridgehead atoms. The minimum Gasteiger partial charge on any atom is -0.493 e. The molecule has 1 heterocycles. The number of methoxy groups -OCH3 is 1. The van der Waals surface area contributed by atoms with Gasteiger partial charge in [0.15, 0.2) is 11.5 Å². The maximum atomic E-state index is 10.8. The van der Waals surface area contributed by atoms with Gasteiger partial charge in [0, 0.05) is 19.6 Å². The van der Waals surface area contributed by atoms with E-state index in [-0.39, 0.29) is 0 Å². The lowest BCUT2D eigenvalue weighted by atomic mass is 10.1. The Balaban J connectivity index is 1.72. The monoisotopic (exact) mass is 499 g/mol. The number of nitrogens with zero attached hydrogens (tertiary/aromatic N) is 3.